The highest BCUT2D eigenvalue weighted by atomic mass is 35.5. The number of nitrogens with zero attached hydrogens (tertiary/aromatic N) is 5. The molecule has 148 valence electrons. The minimum absolute atomic E-state index is 0.00985. The molecule has 3 heterocycles. The van der Waals surface area contributed by atoms with Crippen LogP contribution in [0.25, 0.3) is 11.3 Å². The van der Waals surface area contributed by atoms with Crippen molar-refractivity contribution in [3.05, 3.63) is 71.4 Å². The summed E-state index contributed by atoms with van der Waals surface area (Å²) >= 11 is 6.15. The molecule has 0 bridgehead atoms. The van der Waals surface area contributed by atoms with Gasteiger partial charge in [0.25, 0.3) is 0 Å². The van der Waals surface area contributed by atoms with Gasteiger partial charge < -0.3 is 9.80 Å². The lowest BCUT2D eigenvalue weighted by Gasteiger charge is -2.34. The second-order valence-corrected chi connectivity index (χ2v) is 7.50. The standard InChI is InChI=1S/C22H22ClN5O/c1-27-11-13-28(14-12-27)17-6-4-16(5-7-17)20(29)15-21-24-10-8-19(26-21)18-3-2-9-25-22(18)23/h2-10H,11-15H2,1H3. The fourth-order valence-corrected chi connectivity index (χ4v) is 3.60. The monoisotopic (exact) mass is 407 g/mol. The molecule has 2 aromatic heterocycles. The molecule has 0 aliphatic carbocycles. The molecule has 0 amide bonds. The molecule has 0 radical (unpaired) electrons. The lowest BCUT2D eigenvalue weighted by molar-refractivity contribution is 0.0991. The number of ketones is 1. The molecular formula is C22H22ClN5O. The van der Waals surface area contributed by atoms with Crippen LogP contribution in [0, 0.1) is 0 Å². The molecule has 29 heavy (non-hydrogen) atoms. The lowest BCUT2D eigenvalue weighted by atomic mass is 10.1. The largest absolute Gasteiger partial charge is 0.369 e. The zero-order valence-electron chi connectivity index (χ0n) is 16.3. The average Bonchev–Trinajstić information content (AvgIpc) is 2.75. The van der Waals surface area contributed by atoms with Crippen LogP contribution >= 0.6 is 11.6 Å². The van der Waals surface area contributed by atoms with Gasteiger partial charge in [0.2, 0.25) is 0 Å². The predicted octanol–water partition coefficient (Wildman–Crippen LogP) is 3.37. The van der Waals surface area contributed by atoms with Gasteiger partial charge >= 0.3 is 0 Å². The maximum Gasteiger partial charge on any atom is 0.170 e. The number of carbonyl (C=O) groups is 1. The summed E-state index contributed by atoms with van der Waals surface area (Å²) in [5.74, 6) is 0.458. The Bertz CT molecular complexity index is 1000. The third-order valence-electron chi connectivity index (χ3n) is 5.12. The third-order valence-corrected chi connectivity index (χ3v) is 5.42. The van der Waals surface area contributed by atoms with E-state index in [2.05, 4.69) is 31.8 Å². The van der Waals surface area contributed by atoms with Crippen molar-refractivity contribution >= 4 is 23.1 Å². The van der Waals surface area contributed by atoms with Crippen molar-refractivity contribution in [1.82, 2.24) is 19.9 Å². The fraction of sp³-hybridized carbons (Fsp3) is 0.273. The number of Topliss-reactive ketones (excluding diaryl/α,β-unsaturated/α-hetero) is 1. The number of hydrogen-bond donors (Lipinski definition) is 0. The highest BCUT2D eigenvalue weighted by molar-refractivity contribution is 6.32. The first-order chi connectivity index (χ1) is 14.1. The summed E-state index contributed by atoms with van der Waals surface area (Å²) in [6, 6.07) is 13.2. The quantitative estimate of drug-likeness (QED) is 0.477. The van der Waals surface area contributed by atoms with E-state index in [0.29, 0.717) is 22.2 Å². The first-order valence-corrected chi connectivity index (χ1v) is 9.97. The van der Waals surface area contributed by atoms with Crippen molar-refractivity contribution in [2.45, 2.75) is 6.42 Å². The summed E-state index contributed by atoms with van der Waals surface area (Å²) in [5.41, 5.74) is 3.20. The van der Waals surface area contributed by atoms with E-state index in [9.17, 15) is 4.79 Å². The Hall–Kier alpha value is -2.83. The highest BCUT2D eigenvalue weighted by Gasteiger charge is 2.16. The van der Waals surface area contributed by atoms with Crippen LogP contribution in [0.1, 0.15) is 16.2 Å². The van der Waals surface area contributed by atoms with Crippen molar-refractivity contribution in [1.29, 1.82) is 0 Å². The third kappa shape index (κ3) is 4.60. The van der Waals surface area contributed by atoms with Crippen LogP contribution in [0.15, 0.2) is 54.9 Å². The van der Waals surface area contributed by atoms with Gasteiger partial charge in [0.1, 0.15) is 11.0 Å². The van der Waals surface area contributed by atoms with Crippen LogP contribution in [0.3, 0.4) is 0 Å². The zero-order valence-corrected chi connectivity index (χ0v) is 17.0. The topological polar surface area (TPSA) is 62.2 Å². The van der Waals surface area contributed by atoms with Crippen LogP contribution in [0.5, 0.6) is 0 Å². The van der Waals surface area contributed by atoms with E-state index >= 15 is 0 Å². The number of anilines is 1. The van der Waals surface area contributed by atoms with Gasteiger partial charge in [-0.15, -0.1) is 0 Å². The molecular weight excluding hydrogens is 386 g/mol. The Morgan fingerprint density at radius 1 is 1.00 bits per heavy atom. The van der Waals surface area contributed by atoms with E-state index in [0.717, 1.165) is 37.4 Å². The summed E-state index contributed by atoms with van der Waals surface area (Å²) in [6.07, 6.45) is 3.41. The summed E-state index contributed by atoms with van der Waals surface area (Å²) in [7, 11) is 2.14. The summed E-state index contributed by atoms with van der Waals surface area (Å²) < 4.78 is 0. The Balaban J connectivity index is 1.46. The van der Waals surface area contributed by atoms with Crippen LogP contribution in [0.4, 0.5) is 5.69 Å². The lowest BCUT2D eigenvalue weighted by Crippen LogP contribution is -2.44. The Labute approximate surface area is 175 Å². The number of hydrogen-bond acceptors (Lipinski definition) is 6. The van der Waals surface area contributed by atoms with Gasteiger partial charge in [-0.3, -0.25) is 4.79 Å². The summed E-state index contributed by atoms with van der Waals surface area (Å²) in [6.45, 7) is 4.10. The van der Waals surface area contributed by atoms with E-state index in [1.807, 2.05) is 30.3 Å². The van der Waals surface area contributed by atoms with Crippen LogP contribution < -0.4 is 4.90 Å². The van der Waals surface area contributed by atoms with E-state index in [1.54, 1.807) is 24.5 Å². The number of halogens is 1. The Morgan fingerprint density at radius 2 is 1.76 bits per heavy atom. The predicted molar refractivity (Wildman–Crippen MR) is 114 cm³/mol. The van der Waals surface area contributed by atoms with Gasteiger partial charge in [0, 0.05) is 55.4 Å². The molecule has 0 spiro atoms. The van der Waals surface area contributed by atoms with Gasteiger partial charge in [-0.25, -0.2) is 15.0 Å². The molecule has 1 fully saturated rings. The fourth-order valence-electron chi connectivity index (χ4n) is 3.38. The van der Waals surface area contributed by atoms with Crippen molar-refractivity contribution in [2.75, 3.05) is 38.1 Å². The molecule has 0 atom stereocenters. The van der Waals surface area contributed by atoms with Gasteiger partial charge in [-0.1, -0.05) is 11.6 Å². The molecule has 1 aromatic carbocycles. The minimum atomic E-state index is -0.00985. The number of benzene rings is 1. The SMILES string of the molecule is CN1CCN(c2ccc(C(=O)Cc3nccc(-c4cccnc4Cl)n3)cc2)CC1. The molecule has 4 rings (SSSR count). The van der Waals surface area contributed by atoms with Crippen LogP contribution in [0.2, 0.25) is 5.15 Å². The number of piperazine rings is 1. The van der Waals surface area contributed by atoms with E-state index in [1.165, 1.54) is 0 Å². The van der Waals surface area contributed by atoms with Crippen molar-refractivity contribution in [2.24, 2.45) is 0 Å². The maximum absolute atomic E-state index is 12.7. The Morgan fingerprint density at radius 3 is 2.48 bits per heavy atom. The normalized spacial score (nSPS) is 14.8. The van der Waals surface area contributed by atoms with Crippen molar-refractivity contribution in [3.63, 3.8) is 0 Å². The molecule has 1 aliphatic rings. The van der Waals surface area contributed by atoms with Crippen molar-refractivity contribution in [3.8, 4) is 11.3 Å². The number of rotatable bonds is 5. The van der Waals surface area contributed by atoms with Gasteiger partial charge in [0.15, 0.2) is 5.78 Å². The minimum Gasteiger partial charge on any atom is -0.369 e. The molecule has 0 N–H and O–H groups in total. The highest BCUT2D eigenvalue weighted by Crippen LogP contribution is 2.24. The molecule has 1 saturated heterocycles. The van der Waals surface area contributed by atoms with Crippen molar-refractivity contribution < 1.29 is 4.79 Å². The Kier molecular flexibility index (Phi) is 5.83. The summed E-state index contributed by atoms with van der Waals surface area (Å²) in [5, 5.41) is 0.378. The zero-order chi connectivity index (χ0) is 20.2. The first kappa shape index (κ1) is 19.5. The molecule has 3 aromatic rings. The van der Waals surface area contributed by atoms with E-state index in [-0.39, 0.29) is 12.2 Å². The van der Waals surface area contributed by atoms with Gasteiger partial charge in [0.05, 0.1) is 12.1 Å². The maximum atomic E-state index is 12.7. The number of likely N-dealkylation sites (N-methyl/N-ethyl adjacent to an activating group) is 1. The molecule has 7 heteroatoms. The van der Waals surface area contributed by atoms with E-state index < -0.39 is 0 Å². The van der Waals surface area contributed by atoms with Gasteiger partial charge in [-0.05, 0) is 49.5 Å². The number of carbonyl (C=O) groups excluding carboxylic acids is 1. The van der Waals surface area contributed by atoms with Crippen LogP contribution in [-0.2, 0) is 6.42 Å². The smallest absolute Gasteiger partial charge is 0.170 e. The van der Waals surface area contributed by atoms with Gasteiger partial charge in [-0.2, -0.15) is 0 Å². The average molecular weight is 408 g/mol. The summed E-state index contributed by atoms with van der Waals surface area (Å²) in [4.78, 5) is 30.2. The molecule has 0 saturated carbocycles. The first-order valence-electron chi connectivity index (χ1n) is 9.60. The van der Waals surface area contributed by atoms with E-state index in [4.69, 9.17) is 11.6 Å². The molecule has 1 aliphatic heterocycles. The number of pyridine rings is 1. The molecule has 6 nitrogen and oxygen atoms in total. The second kappa shape index (κ2) is 8.68. The molecule has 0 unspecified atom stereocenters. The number of aromatic nitrogens is 3. The van der Waals surface area contributed by atoms with Crippen LogP contribution in [-0.4, -0.2) is 58.9 Å². The second-order valence-electron chi connectivity index (χ2n) is 7.14.